The molecule has 0 bridgehead atoms. The van der Waals surface area contributed by atoms with Crippen molar-refractivity contribution < 1.29 is 13.3 Å². The van der Waals surface area contributed by atoms with Gasteiger partial charge in [-0.05, 0) is 49.6 Å². The minimum absolute atomic E-state index is 0.219. The van der Waals surface area contributed by atoms with Crippen LogP contribution in [0, 0.1) is 12.7 Å². The maximum absolute atomic E-state index is 13.1. The average Bonchev–Trinajstić information content (AvgIpc) is 3.29. The highest BCUT2D eigenvalue weighted by Gasteiger charge is 2.32. The molecular weight excluding hydrogens is 343 g/mol. The average molecular weight is 361 g/mol. The monoisotopic (exact) mass is 361 g/mol. The van der Waals surface area contributed by atoms with Crippen molar-refractivity contribution in [1.29, 1.82) is 0 Å². The Labute approximate surface area is 151 Å². The van der Waals surface area contributed by atoms with Gasteiger partial charge in [-0.2, -0.15) is 4.37 Å². The molecule has 1 aliphatic heterocycles. The van der Waals surface area contributed by atoms with Crippen molar-refractivity contribution >= 4 is 17.4 Å². The quantitative estimate of drug-likeness (QED) is 0.701. The van der Waals surface area contributed by atoms with E-state index in [2.05, 4.69) is 19.6 Å². The Kier molecular flexibility index (Phi) is 3.03. The third kappa shape index (κ3) is 2.70. The number of hydrogen-bond acceptors (Lipinski definition) is 6. The van der Waals surface area contributed by atoms with E-state index in [1.165, 1.54) is 24.3 Å². The number of hydrogen-bond donors (Lipinski definition) is 0. The highest BCUT2D eigenvalue weighted by Crippen LogP contribution is 2.30. The van der Waals surface area contributed by atoms with Gasteiger partial charge in [-0.25, -0.2) is 9.37 Å². The van der Waals surface area contributed by atoms with Gasteiger partial charge in [0.15, 0.2) is 16.7 Å². The topological polar surface area (TPSA) is 76.8 Å². The third-order valence-electron chi connectivity index (χ3n) is 4.15. The number of fused-ring (bicyclic) bond motifs is 1. The Morgan fingerprint density at radius 3 is 2.84 bits per heavy atom. The second-order valence-electron chi connectivity index (χ2n) is 5.64. The molecule has 7 nitrogen and oxygen atoms in total. The molecule has 1 aliphatic rings. The Balaban J connectivity index is 1.62. The molecular formula is C16H15FN6OS. The number of aromatic nitrogens is 5. The molecule has 1 amide bonds. The van der Waals surface area contributed by atoms with E-state index < -0.39 is 12.7 Å². The van der Waals surface area contributed by atoms with Crippen LogP contribution < -0.4 is 0 Å². The highest BCUT2D eigenvalue weighted by molar-refractivity contribution is 7.09. The molecule has 0 spiro atoms. The zero-order chi connectivity index (χ0) is 20.1. The van der Waals surface area contributed by atoms with E-state index in [9.17, 15) is 9.18 Å². The third-order valence-corrected chi connectivity index (χ3v) is 4.87. The predicted molar refractivity (Wildman–Crippen MR) is 89.5 cm³/mol. The lowest BCUT2D eigenvalue weighted by atomic mass is 10.1. The van der Waals surface area contributed by atoms with Crippen LogP contribution in [0.3, 0.4) is 0 Å². The molecule has 0 radical (unpaired) electrons. The van der Waals surface area contributed by atoms with Gasteiger partial charge in [0.1, 0.15) is 11.6 Å². The number of carbonyl (C=O) groups excluding carboxylic acids is 1. The minimum Gasteiger partial charge on any atom is -0.327 e. The van der Waals surface area contributed by atoms with Crippen LogP contribution in [0.1, 0.15) is 39.1 Å². The maximum atomic E-state index is 13.1. The molecule has 0 fully saturated rings. The molecule has 25 heavy (non-hydrogen) atoms. The van der Waals surface area contributed by atoms with Crippen LogP contribution in [0.4, 0.5) is 4.39 Å². The van der Waals surface area contributed by atoms with Crippen molar-refractivity contribution in [3.63, 3.8) is 0 Å². The summed E-state index contributed by atoms with van der Waals surface area (Å²) in [5, 5.41) is 8.70. The van der Waals surface area contributed by atoms with Gasteiger partial charge in [0.2, 0.25) is 0 Å². The first-order valence-electron chi connectivity index (χ1n) is 9.10. The summed E-state index contributed by atoms with van der Waals surface area (Å²) in [6.07, 6.45) is 0. The van der Waals surface area contributed by atoms with Crippen LogP contribution in [0.15, 0.2) is 24.3 Å². The zero-order valence-corrected chi connectivity index (χ0v) is 14.0. The van der Waals surface area contributed by atoms with E-state index in [0.717, 1.165) is 11.5 Å². The molecule has 1 atom stereocenters. The van der Waals surface area contributed by atoms with Gasteiger partial charge in [-0.3, -0.25) is 4.79 Å². The van der Waals surface area contributed by atoms with E-state index in [4.69, 9.17) is 4.11 Å². The van der Waals surface area contributed by atoms with Gasteiger partial charge < -0.3 is 9.47 Å². The number of halogens is 1. The van der Waals surface area contributed by atoms with Gasteiger partial charge in [-0.1, -0.05) is 0 Å². The van der Waals surface area contributed by atoms with Gasteiger partial charge in [-0.15, -0.1) is 10.2 Å². The number of nitrogens with zero attached hydrogens (tertiary/aromatic N) is 6. The summed E-state index contributed by atoms with van der Waals surface area (Å²) in [7, 11) is 0. The molecule has 0 N–H and O–H groups in total. The van der Waals surface area contributed by atoms with Crippen molar-refractivity contribution in [1.82, 2.24) is 29.0 Å². The minimum atomic E-state index is -2.38. The zero-order valence-electron chi connectivity index (χ0n) is 16.2. The molecule has 128 valence electrons. The fourth-order valence-electron chi connectivity index (χ4n) is 2.89. The number of amides is 1. The highest BCUT2D eigenvalue weighted by atomic mass is 32.1. The molecule has 0 aliphatic carbocycles. The number of carbonyl (C=O) groups is 1. The van der Waals surface area contributed by atoms with E-state index >= 15 is 0 Å². The Bertz CT molecular complexity index is 1030. The summed E-state index contributed by atoms with van der Waals surface area (Å²) in [4.78, 5) is 18.5. The summed E-state index contributed by atoms with van der Waals surface area (Å²) in [6, 6.07) is 5.04. The molecule has 0 saturated heterocycles. The molecule has 1 aromatic carbocycles. The fraction of sp³-hybridized carbons (Fsp3) is 0.312. The summed E-state index contributed by atoms with van der Waals surface area (Å²) in [5.41, 5.74) is 0.396. The largest absolute Gasteiger partial charge is 0.327 e. The van der Waals surface area contributed by atoms with E-state index in [1.807, 2.05) is 11.5 Å². The molecule has 9 heteroatoms. The van der Waals surface area contributed by atoms with Crippen molar-refractivity contribution in [2.45, 2.75) is 26.4 Å². The lowest BCUT2D eigenvalue weighted by molar-refractivity contribution is 0.0638. The first-order valence-corrected chi connectivity index (χ1v) is 8.37. The predicted octanol–water partition coefficient (Wildman–Crippen LogP) is 2.46. The molecule has 2 aromatic heterocycles. The Hall–Kier alpha value is -2.68. The van der Waals surface area contributed by atoms with E-state index in [1.54, 1.807) is 4.90 Å². The van der Waals surface area contributed by atoms with Gasteiger partial charge >= 0.3 is 0 Å². The smallest absolute Gasteiger partial charge is 0.254 e. The summed E-state index contributed by atoms with van der Waals surface area (Å²) in [5.74, 6) is 0.165. The molecule has 3 aromatic rings. The van der Waals surface area contributed by atoms with Crippen LogP contribution in [0.5, 0.6) is 0 Å². The first-order chi connectivity index (χ1) is 13.3. The van der Waals surface area contributed by atoms with Gasteiger partial charge in [0.05, 0.1) is 6.04 Å². The lowest BCUT2D eigenvalue weighted by Gasteiger charge is -2.33. The fourth-order valence-corrected chi connectivity index (χ4v) is 3.47. The van der Waals surface area contributed by atoms with Crippen LogP contribution in [0.2, 0.25) is 0 Å². The second-order valence-corrected chi connectivity index (χ2v) is 6.39. The lowest BCUT2D eigenvalue weighted by Crippen LogP contribution is -2.41. The Morgan fingerprint density at radius 1 is 1.32 bits per heavy atom. The standard InChI is InChI=1S/C16H15FN6OS/c1-9-13-19-20-14(15-18-10(2)21-25-15)23(13)8-7-22(9)16(24)11-3-5-12(17)6-4-11/h3-6,9H,7-8H2,1-2H3/t9-/m1/s1/i2D3. The normalized spacial score (nSPS) is 19.0. The van der Waals surface area contributed by atoms with Gasteiger partial charge in [0, 0.05) is 22.8 Å². The Morgan fingerprint density at radius 2 is 2.12 bits per heavy atom. The molecule has 0 unspecified atom stereocenters. The van der Waals surface area contributed by atoms with Crippen molar-refractivity contribution in [2.75, 3.05) is 6.54 Å². The summed E-state index contributed by atoms with van der Waals surface area (Å²) >= 11 is 0.953. The van der Waals surface area contributed by atoms with Crippen molar-refractivity contribution in [3.05, 3.63) is 47.3 Å². The van der Waals surface area contributed by atoms with Crippen molar-refractivity contribution in [2.24, 2.45) is 0 Å². The molecule has 3 heterocycles. The van der Waals surface area contributed by atoms with Crippen LogP contribution in [0.25, 0.3) is 10.8 Å². The second kappa shape index (κ2) is 5.99. The van der Waals surface area contributed by atoms with Gasteiger partial charge in [0.25, 0.3) is 5.91 Å². The summed E-state index contributed by atoms with van der Waals surface area (Å²) in [6.45, 7) is 0.280. The maximum Gasteiger partial charge on any atom is 0.254 e. The van der Waals surface area contributed by atoms with Crippen LogP contribution >= 0.6 is 11.5 Å². The first kappa shape index (κ1) is 12.6. The molecule has 0 saturated carbocycles. The van der Waals surface area contributed by atoms with Crippen LogP contribution in [-0.4, -0.2) is 41.5 Å². The number of rotatable bonds is 2. The molecule has 4 rings (SSSR count). The number of aryl methyl sites for hydroxylation is 1. The summed E-state index contributed by atoms with van der Waals surface area (Å²) < 4.78 is 41.0. The van der Waals surface area contributed by atoms with Crippen molar-refractivity contribution in [3.8, 4) is 10.8 Å². The van der Waals surface area contributed by atoms with E-state index in [0.29, 0.717) is 35.3 Å². The van der Waals surface area contributed by atoms with Crippen LogP contribution in [-0.2, 0) is 6.54 Å². The number of benzene rings is 1. The SMILES string of the molecule is [2H]C([2H])([2H])c1nsc(-c2nnc3n2CCN(C(=O)c2ccc(F)cc2)[C@@H]3C)n1. The van der Waals surface area contributed by atoms with E-state index in [-0.39, 0.29) is 17.8 Å².